The molecule has 112 valence electrons. The molecule has 0 aliphatic carbocycles. The Balaban J connectivity index is 2.88. The molecule has 20 heavy (non-hydrogen) atoms. The number of hydrogen-bond donors (Lipinski definition) is 1. The van der Waals surface area contributed by atoms with Gasteiger partial charge in [-0.15, -0.1) is 0 Å². The maximum absolute atomic E-state index is 12.4. The summed E-state index contributed by atoms with van der Waals surface area (Å²) in [7, 11) is 5.29. The van der Waals surface area contributed by atoms with Gasteiger partial charge in [-0.05, 0) is 24.5 Å². The summed E-state index contributed by atoms with van der Waals surface area (Å²) >= 11 is 0. The Kier molecular flexibility index (Phi) is 6.45. The zero-order valence-corrected chi connectivity index (χ0v) is 13.1. The Hall–Kier alpha value is -1.62. The normalized spacial score (nSPS) is 10.7. The summed E-state index contributed by atoms with van der Waals surface area (Å²) < 4.78 is 5.01. The third-order valence-electron chi connectivity index (χ3n) is 3.13. The van der Waals surface area contributed by atoms with Crippen LogP contribution in [0.2, 0.25) is 0 Å². The molecular weight excluding hydrogens is 254 g/mol. The fourth-order valence-corrected chi connectivity index (χ4v) is 1.87. The molecule has 5 heteroatoms. The first kappa shape index (κ1) is 16.4. The lowest BCUT2D eigenvalue weighted by Gasteiger charge is -2.18. The number of amides is 1. The largest absolute Gasteiger partial charge is 0.385 e. The van der Waals surface area contributed by atoms with Crippen LogP contribution in [-0.2, 0) is 4.74 Å². The average Bonchev–Trinajstić information content (AvgIpc) is 2.45. The number of carbonyl (C=O) groups excluding carboxylic acids is 1. The van der Waals surface area contributed by atoms with Crippen molar-refractivity contribution in [2.75, 3.05) is 39.7 Å². The van der Waals surface area contributed by atoms with Gasteiger partial charge in [-0.3, -0.25) is 4.79 Å². The highest BCUT2D eigenvalue weighted by atomic mass is 16.5. The second-order valence-electron chi connectivity index (χ2n) is 5.14. The SMILES string of the molecule is CNc1cc(C(=O)N(C)CCCOC)cc(C(C)C)n1. The topological polar surface area (TPSA) is 54.5 Å². The van der Waals surface area contributed by atoms with E-state index in [1.807, 2.05) is 20.2 Å². The summed E-state index contributed by atoms with van der Waals surface area (Å²) in [5.74, 6) is 1.03. The molecular formula is C15H25N3O2. The summed E-state index contributed by atoms with van der Waals surface area (Å²) in [6.07, 6.45) is 0.833. The predicted octanol–water partition coefficient (Wildman–Crippen LogP) is 2.36. The molecule has 0 aromatic carbocycles. The van der Waals surface area contributed by atoms with Crippen LogP contribution in [0.5, 0.6) is 0 Å². The molecule has 0 fully saturated rings. The van der Waals surface area contributed by atoms with Crippen LogP contribution in [0.15, 0.2) is 12.1 Å². The van der Waals surface area contributed by atoms with Crippen LogP contribution in [0.25, 0.3) is 0 Å². The van der Waals surface area contributed by atoms with Crippen LogP contribution in [0.1, 0.15) is 42.2 Å². The number of carbonyl (C=O) groups is 1. The molecule has 0 saturated carbocycles. The number of methoxy groups -OCH3 is 1. The molecule has 0 aliphatic rings. The van der Waals surface area contributed by atoms with E-state index in [-0.39, 0.29) is 11.8 Å². The maximum atomic E-state index is 12.4. The molecule has 1 amide bonds. The van der Waals surface area contributed by atoms with Crippen molar-refractivity contribution in [3.05, 3.63) is 23.4 Å². The quantitative estimate of drug-likeness (QED) is 0.778. The van der Waals surface area contributed by atoms with Crippen molar-refractivity contribution in [2.45, 2.75) is 26.2 Å². The molecule has 5 nitrogen and oxygen atoms in total. The van der Waals surface area contributed by atoms with Crippen LogP contribution in [-0.4, -0.2) is 50.1 Å². The Morgan fingerprint density at radius 3 is 2.70 bits per heavy atom. The minimum Gasteiger partial charge on any atom is -0.385 e. The van der Waals surface area contributed by atoms with Gasteiger partial charge in [0.1, 0.15) is 5.82 Å². The molecule has 0 spiro atoms. The lowest BCUT2D eigenvalue weighted by atomic mass is 10.1. The van der Waals surface area contributed by atoms with E-state index in [1.54, 1.807) is 18.1 Å². The van der Waals surface area contributed by atoms with Gasteiger partial charge < -0.3 is 15.0 Å². The molecule has 0 aliphatic heterocycles. The molecule has 1 rings (SSSR count). The van der Waals surface area contributed by atoms with Crippen LogP contribution in [0.3, 0.4) is 0 Å². The van der Waals surface area contributed by atoms with Gasteiger partial charge in [0.25, 0.3) is 5.91 Å². The van der Waals surface area contributed by atoms with Crippen molar-refractivity contribution < 1.29 is 9.53 Å². The van der Waals surface area contributed by atoms with Gasteiger partial charge in [0.05, 0.1) is 0 Å². The van der Waals surface area contributed by atoms with Gasteiger partial charge in [0.15, 0.2) is 0 Å². The second-order valence-corrected chi connectivity index (χ2v) is 5.14. The zero-order valence-electron chi connectivity index (χ0n) is 13.1. The van der Waals surface area contributed by atoms with Crippen LogP contribution >= 0.6 is 0 Å². The molecule has 1 N–H and O–H groups in total. The monoisotopic (exact) mass is 279 g/mol. The highest BCUT2D eigenvalue weighted by molar-refractivity contribution is 5.94. The Morgan fingerprint density at radius 1 is 1.45 bits per heavy atom. The third kappa shape index (κ3) is 4.49. The lowest BCUT2D eigenvalue weighted by molar-refractivity contribution is 0.0779. The molecule has 0 saturated heterocycles. The van der Waals surface area contributed by atoms with Crippen LogP contribution in [0.4, 0.5) is 5.82 Å². The molecule has 0 radical (unpaired) electrons. The third-order valence-corrected chi connectivity index (χ3v) is 3.13. The Labute approximate surface area is 121 Å². The smallest absolute Gasteiger partial charge is 0.253 e. The number of nitrogens with one attached hydrogen (secondary N) is 1. The van der Waals surface area contributed by atoms with Crippen molar-refractivity contribution in [1.29, 1.82) is 0 Å². The summed E-state index contributed by atoms with van der Waals surface area (Å²) in [4.78, 5) is 18.6. The number of pyridine rings is 1. The van der Waals surface area contributed by atoms with Crippen LogP contribution < -0.4 is 5.32 Å². The number of rotatable bonds is 7. The van der Waals surface area contributed by atoms with E-state index in [2.05, 4.69) is 24.1 Å². The van der Waals surface area contributed by atoms with Gasteiger partial charge in [-0.2, -0.15) is 0 Å². The van der Waals surface area contributed by atoms with E-state index in [4.69, 9.17) is 4.74 Å². The summed E-state index contributed by atoms with van der Waals surface area (Å²) in [5.41, 5.74) is 1.60. The number of aromatic nitrogens is 1. The fraction of sp³-hybridized carbons (Fsp3) is 0.600. The molecule has 0 atom stereocenters. The number of nitrogens with zero attached hydrogens (tertiary/aromatic N) is 2. The average molecular weight is 279 g/mol. The molecule has 1 aromatic heterocycles. The van der Waals surface area contributed by atoms with Crippen molar-refractivity contribution in [2.24, 2.45) is 0 Å². The van der Waals surface area contributed by atoms with E-state index in [0.29, 0.717) is 18.7 Å². The second kappa shape index (κ2) is 7.85. The Morgan fingerprint density at radius 2 is 2.15 bits per heavy atom. The van der Waals surface area contributed by atoms with Crippen molar-refractivity contribution in [3.63, 3.8) is 0 Å². The first-order valence-electron chi connectivity index (χ1n) is 6.93. The first-order chi connectivity index (χ1) is 9.49. The molecule has 1 aromatic rings. The fourth-order valence-electron chi connectivity index (χ4n) is 1.87. The van der Waals surface area contributed by atoms with E-state index < -0.39 is 0 Å². The van der Waals surface area contributed by atoms with Crippen molar-refractivity contribution in [1.82, 2.24) is 9.88 Å². The van der Waals surface area contributed by atoms with Crippen LogP contribution in [0, 0.1) is 0 Å². The standard InChI is InChI=1S/C15H25N3O2/c1-11(2)13-9-12(10-14(16-3)17-13)15(19)18(4)7-6-8-20-5/h9-11H,6-8H2,1-5H3,(H,16,17). The number of hydrogen-bond acceptors (Lipinski definition) is 4. The molecule has 0 unspecified atom stereocenters. The van der Waals surface area contributed by atoms with Gasteiger partial charge in [0, 0.05) is 45.6 Å². The van der Waals surface area contributed by atoms with E-state index in [1.165, 1.54) is 0 Å². The Bertz CT molecular complexity index is 447. The van der Waals surface area contributed by atoms with E-state index in [0.717, 1.165) is 17.9 Å². The number of anilines is 1. The summed E-state index contributed by atoms with van der Waals surface area (Å²) in [5, 5.41) is 3.01. The first-order valence-corrected chi connectivity index (χ1v) is 6.93. The van der Waals surface area contributed by atoms with E-state index in [9.17, 15) is 4.79 Å². The minimum atomic E-state index is 0.0157. The van der Waals surface area contributed by atoms with Crippen molar-refractivity contribution in [3.8, 4) is 0 Å². The molecule has 0 bridgehead atoms. The van der Waals surface area contributed by atoms with Crippen molar-refractivity contribution >= 4 is 11.7 Å². The van der Waals surface area contributed by atoms with Gasteiger partial charge >= 0.3 is 0 Å². The minimum absolute atomic E-state index is 0.0157. The zero-order chi connectivity index (χ0) is 15.1. The molecule has 1 heterocycles. The summed E-state index contributed by atoms with van der Waals surface area (Å²) in [6.45, 7) is 5.48. The van der Waals surface area contributed by atoms with Gasteiger partial charge in [-0.1, -0.05) is 13.8 Å². The predicted molar refractivity (Wildman–Crippen MR) is 81.3 cm³/mol. The summed E-state index contributed by atoms with van der Waals surface area (Å²) in [6, 6.07) is 3.67. The maximum Gasteiger partial charge on any atom is 0.253 e. The highest BCUT2D eigenvalue weighted by Crippen LogP contribution is 2.18. The van der Waals surface area contributed by atoms with E-state index >= 15 is 0 Å². The highest BCUT2D eigenvalue weighted by Gasteiger charge is 2.15. The lowest BCUT2D eigenvalue weighted by Crippen LogP contribution is -2.28. The van der Waals surface area contributed by atoms with Gasteiger partial charge in [-0.25, -0.2) is 4.98 Å². The number of ether oxygens (including phenoxy) is 1. The van der Waals surface area contributed by atoms with Gasteiger partial charge in [0.2, 0.25) is 0 Å².